The van der Waals surface area contributed by atoms with Crippen LogP contribution in [0.1, 0.15) is 6.92 Å². The molecular formula is C9H17N3O3. The highest BCUT2D eigenvalue weighted by atomic mass is 16.5. The summed E-state index contributed by atoms with van der Waals surface area (Å²) in [7, 11) is 0. The summed E-state index contributed by atoms with van der Waals surface area (Å²) in [5.41, 5.74) is 5.19. The van der Waals surface area contributed by atoms with E-state index in [1.807, 2.05) is 0 Å². The lowest BCUT2D eigenvalue weighted by Crippen LogP contribution is -2.52. The Hall–Kier alpha value is -1.14. The van der Waals surface area contributed by atoms with Crippen LogP contribution in [0.3, 0.4) is 0 Å². The molecule has 6 nitrogen and oxygen atoms in total. The molecule has 1 atom stereocenters. The van der Waals surface area contributed by atoms with E-state index >= 15 is 0 Å². The first-order valence-electron chi connectivity index (χ1n) is 4.96. The third-order valence-electron chi connectivity index (χ3n) is 2.27. The van der Waals surface area contributed by atoms with E-state index < -0.39 is 11.9 Å². The summed E-state index contributed by atoms with van der Waals surface area (Å²) in [5, 5.41) is 2.53. The van der Waals surface area contributed by atoms with Crippen LogP contribution in [-0.2, 0) is 14.3 Å². The first-order chi connectivity index (χ1) is 7.09. The van der Waals surface area contributed by atoms with E-state index in [4.69, 9.17) is 10.5 Å². The van der Waals surface area contributed by atoms with Crippen LogP contribution in [0.4, 0.5) is 0 Å². The summed E-state index contributed by atoms with van der Waals surface area (Å²) in [6, 6.07) is -0.611. The molecule has 0 radical (unpaired) electrons. The van der Waals surface area contributed by atoms with Crippen LogP contribution in [0.25, 0.3) is 0 Å². The number of ether oxygens (including phenoxy) is 1. The van der Waals surface area contributed by atoms with Gasteiger partial charge in [-0.05, 0) is 0 Å². The molecule has 1 aliphatic rings. The molecule has 86 valence electrons. The molecule has 0 aromatic carbocycles. The Labute approximate surface area is 88.7 Å². The summed E-state index contributed by atoms with van der Waals surface area (Å²) in [4.78, 5) is 23.9. The smallest absolute Gasteiger partial charge is 0.241 e. The highest BCUT2D eigenvalue weighted by molar-refractivity contribution is 5.85. The fourth-order valence-electron chi connectivity index (χ4n) is 1.49. The van der Waals surface area contributed by atoms with Crippen molar-refractivity contribution in [3.8, 4) is 0 Å². The van der Waals surface area contributed by atoms with Crippen LogP contribution in [0.2, 0.25) is 0 Å². The zero-order valence-corrected chi connectivity index (χ0v) is 8.86. The molecule has 1 heterocycles. The van der Waals surface area contributed by atoms with Crippen molar-refractivity contribution in [2.24, 2.45) is 5.73 Å². The average Bonchev–Trinajstić information content (AvgIpc) is 2.17. The van der Waals surface area contributed by atoms with E-state index in [0.717, 1.165) is 13.1 Å². The monoisotopic (exact) mass is 215 g/mol. The zero-order valence-electron chi connectivity index (χ0n) is 8.86. The number of nitrogens with two attached hydrogens (primary N) is 1. The standard InChI is InChI=1S/C9H17N3O3/c1-7(13)11-8(9(10)14)6-12-2-4-15-5-3-12/h8H,2-6H2,1H3,(H2,10,14)(H,11,13). The minimum Gasteiger partial charge on any atom is -0.379 e. The maximum atomic E-state index is 11.1. The van der Waals surface area contributed by atoms with Crippen molar-refractivity contribution in [1.29, 1.82) is 0 Å². The number of carbonyl (C=O) groups is 2. The number of primary amides is 1. The van der Waals surface area contributed by atoms with Crippen LogP contribution < -0.4 is 11.1 Å². The van der Waals surface area contributed by atoms with Crippen LogP contribution in [0.5, 0.6) is 0 Å². The SMILES string of the molecule is CC(=O)NC(CN1CCOCC1)C(N)=O. The third-order valence-corrected chi connectivity index (χ3v) is 2.27. The van der Waals surface area contributed by atoms with Crippen molar-refractivity contribution in [3.05, 3.63) is 0 Å². The van der Waals surface area contributed by atoms with Crippen molar-refractivity contribution in [3.63, 3.8) is 0 Å². The quantitative estimate of drug-likeness (QED) is 0.586. The van der Waals surface area contributed by atoms with Crippen LogP contribution in [-0.4, -0.2) is 55.6 Å². The topological polar surface area (TPSA) is 84.7 Å². The number of nitrogens with zero attached hydrogens (tertiary/aromatic N) is 1. The minimum atomic E-state index is -0.611. The molecule has 6 heteroatoms. The molecule has 1 saturated heterocycles. The number of carbonyl (C=O) groups excluding carboxylic acids is 2. The molecule has 1 rings (SSSR count). The van der Waals surface area contributed by atoms with Gasteiger partial charge in [-0.3, -0.25) is 14.5 Å². The van der Waals surface area contributed by atoms with Crippen LogP contribution >= 0.6 is 0 Å². The second kappa shape index (κ2) is 5.67. The van der Waals surface area contributed by atoms with Gasteiger partial charge in [0.25, 0.3) is 0 Å². The van der Waals surface area contributed by atoms with Gasteiger partial charge in [0.1, 0.15) is 6.04 Å². The van der Waals surface area contributed by atoms with Crippen molar-refractivity contribution >= 4 is 11.8 Å². The van der Waals surface area contributed by atoms with E-state index in [1.165, 1.54) is 6.92 Å². The molecule has 15 heavy (non-hydrogen) atoms. The summed E-state index contributed by atoms with van der Waals surface area (Å²) >= 11 is 0. The third kappa shape index (κ3) is 4.26. The van der Waals surface area contributed by atoms with Gasteiger partial charge in [-0.1, -0.05) is 0 Å². The average molecular weight is 215 g/mol. The van der Waals surface area contributed by atoms with E-state index in [0.29, 0.717) is 19.8 Å². The second-order valence-corrected chi connectivity index (χ2v) is 3.57. The van der Waals surface area contributed by atoms with Gasteiger partial charge in [0.15, 0.2) is 0 Å². The number of morpholine rings is 1. The summed E-state index contributed by atoms with van der Waals surface area (Å²) < 4.78 is 5.18. The Morgan fingerprint density at radius 2 is 2.07 bits per heavy atom. The van der Waals surface area contributed by atoms with Gasteiger partial charge in [0.05, 0.1) is 13.2 Å². The van der Waals surface area contributed by atoms with Gasteiger partial charge in [0.2, 0.25) is 11.8 Å². The van der Waals surface area contributed by atoms with Crippen LogP contribution in [0.15, 0.2) is 0 Å². The highest BCUT2D eigenvalue weighted by Crippen LogP contribution is 1.98. The van der Waals surface area contributed by atoms with Gasteiger partial charge < -0.3 is 15.8 Å². The van der Waals surface area contributed by atoms with Gasteiger partial charge in [-0.2, -0.15) is 0 Å². The Morgan fingerprint density at radius 1 is 1.47 bits per heavy atom. The number of amides is 2. The minimum absolute atomic E-state index is 0.243. The van der Waals surface area contributed by atoms with Gasteiger partial charge in [-0.25, -0.2) is 0 Å². The van der Waals surface area contributed by atoms with Crippen LogP contribution in [0, 0.1) is 0 Å². The molecular weight excluding hydrogens is 198 g/mol. The highest BCUT2D eigenvalue weighted by Gasteiger charge is 2.21. The van der Waals surface area contributed by atoms with E-state index in [-0.39, 0.29) is 5.91 Å². The maximum absolute atomic E-state index is 11.1. The zero-order chi connectivity index (χ0) is 11.3. The molecule has 2 amide bonds. The maximum Gasteiger partial charge on any atom is 0.241 e. The van der Waals surface area contributed by atoms with Gasteiger partial charge in [-0.15, -0.1) is 0 Å². The first kappa shape index (κ1) is 11.9. The van der Waals surface area contributed by atoms with Gasteiger partial charge in [0, 0.05) is 26.6 Å². The summed E-state index contributed by atoms with van der Waals surface area (Å²) in [6.45, 7) is 4.68. The fourth-order valence-corrected chi connectivity index (χ4v) is 1.49. The van der Waals surface area contributed by atoms with Crippen molar-refractivity contribution in [2.75, 3.05) is 32.8 Å². The predicted molar refractivity (Wildman–Crippen MR) is 54.1 cm³/mol. The molecule has 0 saturated carbocycles. The fraction of sp³-hybridized carbons (Fsp3) is 0.778. The Balaban J connectivity index is 2.42. The lowest BCUT2D eigenvalue weighted by molar-refractivity contribution is -0.126. The molecule has 0 aromatic heterocycles. The molecule has 0 aromatic rings. The largest absolute Gasteiger partial charge is 0.379 e. The Kier molecular flexibility index (Phi) is 4.51. The lowest BCUT2D eigenvalue weighted by atomic mass is 10.2. The van der Waals surface area contributed by atoms with Crippen molar-refractivity contribution in [2.45, 2.75) is 13.0 Å². The van der Waals surface area contributed by atoms with E-state index in [9.17, 15) is 9.59 Å². The van der Waals surface area contributed by atoms with Crippen molar-refractivity contribution in [1.82, 2.24) is 10.2 Å². The first-order valence-corrected chi connectivity index (χ1v) is 4.96. The van der Waals surface area contributed by atoms with E-state index in [1.54, 1.807) is 0 Å². The molecule has 1 aliphatic heterocycles. The lowest BCUT2D eigenvalue weighted by Gasteiger charge is -2.29. The van der Waals surface area contributed by atoms with Crippen molar-refractivity contribution < 1.29 is 14.3 Å². The number of nitrogens with one attached hydrogen (secondary N) is 1. The Bertz CT molecular complexity index is 239. The second-order valence-electron chi connectivity index (χ2n) is 3.57. The van der Waals surface area contributed by atoms with E-state index in [2.05, 4.69) is 10.2 Å². The summed E-state index contributed by atoms with van der Waals surface area (Å²) in [6.07, 6.45) is 0. The molecule has 1 fully saturated rings. The number of rotatable bonds is 4. The molecule has 1 unspecified atom stereocenters. The predicted octanol–water partition coefficient (Wildman–Crippen LogP) is -1.69. The number of hydrogen-bond acceptors (Lipinski definition) is 4. The summed E-state index contributed by atoms with van der Waals surface area (Å²) in [5.74, 6) is -0.747. The number of hydrogen-bond donors (Lipinski definition) is 2. The normalized spacial score (nSPS) is 19.5. The molecule has 0 bridgehead atoms. The van der Waals surface area contributed by atoms with Gasteiger partial charge >= 0.3 is 0 Å². The molecule has 0 spiro atoms. The molecule has 0 aliphatic carbocycles. The Morgan fingerprint density at radius 3 is 2.53 bits per heavy atom. The molecule has 3 N–H and O–H groups in total.